The van der Waals surface area contributed by atoms with Crippen LogP contribution in [0.5, 0.6) is 11.5 Å². The van der Waals surface area contributed by atoms with Crippen molar-refractivity contribution in [1.29, 1.82) is 0 Å². The molecule has 4 amide bonds. The molecule has 1 aromatic rings. The zero-order valence-corrected chi connectivity index (χ0v) is 13.7. The van der Waals surface area contributed by atoms with Gasteiger partial charge in [-0.1, -0.05) is 6.07 Å². The summed E-state index contributed by atoms with van der Waals surface area (Å²) < 4.78 is 11.2. The maximum Gasteiger partial charge on any atom is 0.325 e. The minimum Gasteiger partial charge on any atom is -0.486 e. The van der Waals surface area contributed by atoms with E-state index in [9.17, 15) is 14.4 Å². The molecular formula is C17H19N3O5. The zero-order valence-electron chi connectivity index (χ0n) is 13.7. The van der Waals surface area contributed by atoms with Crippen molar-refractivity contribution in [2.75, 3.05) is 32.8 Å². The van der Waals surface area contributed by atoms with Crippen molar-refractivity contribution in [3.8, 4) is 11.5 Å². The second-order valence-electron chi connectivity index (χ2n) is 6.29. The fourth-order valence-corrected chi connectivity index (χ4v) is 3.52. The van der Waals surface area contributed by atoms with Gasteiger partial charge < -0.3 is 19.7 Å². The first-order valence-corrected chi connectivity index (χ1v) is 8.41. The fourth-order valence-electron chi connectivity index (χ4n) is 3.52. The van der Waals surface area contributed by atoms with E-state index in [1.54, 1.807) is 4.90 Å². The number of carbonyl (C=O) groups excluding carboxylic acids is 3. The Balaban J connectivity index is 1.51. The molecule has 1 N–H and O–H groups in total. The summed E-state index contributed by atoms with van der Waals surface area (Å²) in [7, 11) is 0. The average Bonchev–Trinajstić information content (AvgIpc) is 3.23. The van der Waals surface area contributed by atoms with E-state index in [1.807, 2.05) is 18.2 Å². The Morgan fingerprint density at radius 1 is 1.20 bits per heavy atom. The standard InChI is InChI=1S/C17H19N3O5/c21-15-9-18-17(23)20(15)10-16(22)19-5-1-2-12(19)11-3-4-13-14(8-11)25-7-6-24-13/h3-4,8,12H,1-2,5-7,9-10H2,(H,18,23). The minimum absolute atomic E-state index is 0.0439. The number of amides is 4. The van der Waals surface area contributed by atoms with Gasteiger partial charge in [-0.2, -0.15) is 0 Å². The third kappa shape index (κ3) is 2.88. The summed E-state index contributed by atoms with van der Waals surface area (Å²) in [5.41, 5.74) is 0.979. The van der Waals surface area contributed by atoms with Crippen LogP contribution in [0.1, 0.15) is 24.4 Å². The lowest BCUT2D eigenvalue weighted by Gasteiger charge is -2.27. The molecule has 0 aliphatic carbocycles. The summed E-state index contributed by atoms with van der Waals surface area (Å²) in [6.45, 7) is 1.40. The molecule has 0 spiro atoms. The second kappa shape index (κ2) is 6.27. The number of likely N-dealkylation sites (tertiary alicyclic amines) is 1. The summed E-state index contributed by atoms with van der Waals surface area (Å²) in [6.07, 6.45) is 1.72. The number of hydrogen-bond donors (Lipinski definition) is 1. The molecule has 0 saturated carbocycles. The molecule has 8 nitrogen and oxygen atoms in total. The van der Waals surface area contributed by atoms with Crippen LogP contribution < -0.4 is 14.8 Å². The smallest absolute Gasteiger partial charge is 0.325 e. The van der Waals surface area contributed by atoms with Gasteiger partial charge in [0.1, 0.15) is 19.8 Å². The molecule has 8 heteroatoms. The Bertz CT molecular complexity index is 719. The van der Waals surface area contributed by atoms with Crippen molar-refractivity contribution in [1.82, 2.24) is 15.1 Å². The van der Waals surface area contributed by atoms with Crippen molar-refractivity contribution in [2.24, 2.45) is 0 Å². The number of urea groups is 1. The topological polar surface area (TPSA) is 88.2 Å². The van der Waals surface area contributed by atoms with Gasteiger partial charge in [0.15, 0.2) is 11.5 Å². The maximum atomic E-state index is 12.7. The molecule has 0 aromatic heterocycles. The van der Waals surface area contributed by atoms with E-state index < -0.39 is 6.03 Å². The Morgan fingerprint density at radius 3 is 2.76 bits per heavy atom. The molecule has 0 radical (unpaired) electrons. The van der Waals surface area contributed by atoms with E-state index in [0.717, 1.165) is 23.3 Å². The highest BCUT2D eigenvalue weighted by molar-refractivity contribution is 6.04. The summed E-state index contributed by atoms with van der Waals surface area (Å²) >= 11 is 0. The van der Waals surface area contributed by atoms with Crippen molar-refractivity contribution in [2.45, 2.75) is 18.9 Å². The molecule has 3 aliphatic rings. The van der Waals surface area contributed by atoms with Crippen LogP contribution in [0.2, 0.25) is 0 Å². The number of benzene rings is 1. The molecule has 1 atom stereocenters. The number of imide groups is 1. The molecule has 132 valence electrons. The third-order valence-electron chi connectivity index (χ3n) is 4.75. The van der Waals surface area contributed by atoms with Gasteiger partial charge >= 0.3 is 6.03 Å². The van der Waals surface area contributed by atoms with Crippen molar-refractivity contribution in [3.63, 3.8) is 0 Å². The van der Waals surface area contributed by atoms with Crippen molar-refractivity contribution < 1.29 is 23.9 Å². The number of hydrogen-bond acceptors (Lipinski definition) is 5. The van der Waals surface area contributed by atoms with Crippen molar-refractivity contribution in [3.05, 3.63) is 23.8 Å². The molecule has 3 heterocycles. The lowest BCUT2D eigenvalue weighted by atomic mass is 10.0. The van der Waals surface area contributed by atoms with Gasteiger partial charge in [-0.05, 0) is 30.5 Å². The highest BCUT2D eigenvalue weighted by atomic mass is 16.6. The van der Waals surface area contributed by atoms with Crippen LogP contribution in [0.4, 0.5) is 4.79 Å². The van der Waals surface area contributed by atoms with E-state index >= 15 is 0 Å². The number of fused-ring (bicyclic) bond motifs is 1. The average molecular weight is 345 g/mol. The van der Waals surface area contributed by atoms with Gasteiger partial charge in [0, 0.05) is 6.54 Å². The number of nitrogens with one attached hydrogen (secondary N) is 1. The van der Waals surface area contributed by atoms with E-state index in [0.29, 0.717) is 31.3 Å². The molecule has 2 saturated heterocycles. The van der Waals surface area contributed by atoms with Crippen LogP contribution in [0, 0.1) is 0 Å². The number of rotatable bonds is 3. The van der Waals surface area contributed by atoms with Crippen molar-refractivity contribution >= 4 is 17.8 Å². The first-order chi connectivity index (χ1) is 12.1. The van der Waals surface area contributed by atoms with Gasteiger partial charge in [-0.3, -0.25) is 14.5 Å². The number of carbonyl (C=O) groups is 3. The van der Waals surface area contributed by atoms with Crippen LogP contribution in [0.25, 0.3) is 0 Å². The Morgan fingerprint density at radius 2 is 2.00 bits per heavy atom. The number of ether oxygens (including phenoxy) is 2. The monoisotopic (exact) mass is 345 g/mol. The first-order valence-electron chi connectivity index (χ1n) is 8.41. The van der Waals surface area contributed by atoms with Crippen LogP contribution in [0.15, 0.2) is 18.2 Å². The van der Waals surface area contributed by atoms with Gasteiger partial charge in [0.2, 0.25) is 5.91 Å². The molecule has 0 bridgehead atoms. The maximum absolute atomic E-state index is 12.7. The van der Waals surface area contributed by atoms with E-state index in [1.165, 1.54) is 0 Å². The van der Waals surface area contributed by atoms with E-state index in [-0.39, 0.29) is 30.9 Å². The van der Waals surface area contributed by atoms with Crippen LogP contribution in [-0.4, -0.2) is 60.5 Å². The van der Waals surface area contributed by atoms with Gasteiger partial charge in [-0.25, -0.2) is 4.79 Å². The summed E-state index contributed by atoms with van der Waals surface area (Å²) in [5.74, 6) is 0.818. The normalized spacial score (nSPS) is 22.3. The largest absolute Gasteiger partial charge is 0.486 e. The minimum atomic E-state index is -0.506. The Hall–Kier alpha value is -2.77. The fraction of sp³-hybridized carbons (Fsp3) is 0.471. The molecule has 2 fully saturated rings. The van der Waals surface area contributed by atoms with Gasteiger partial charge in [0.25, 0.3) is 5.91 Å². The molecule has 3 aliphatic heterocycles. The number of nitrogens with zero attached hydrogens (tertiary/aromatic N) is 2. The molecule has 4 rings (SSSR count). The highest BCUT2D eigenvalue weighted by Crippen LogP contribution is 2.38. The van der Waals surface area contributed by atoms with Crippen LogP contribution in [-0.2, 0) is 9.59 Å². The van der Waals surface area contributed by atoms with E-state index in [2.05, 4.69) is 5.32 Å². The van der Waals surface area contributed by atoms with Gasteiger partial charge in [0.05, 0.1) is 12.6 Å². The predicted molar refractivity (Wildman–Crippen MR) is 86.2 cm³/mol. The predicted octanol–water partition coefficient (Wildman–Crippen LogP) is 0.673. The first kappa shape index (κ1) is 15.7. The zero-order chi connectivity index (χ0) is 17.4. The lowest BCUT2D eigenvalue weighted by molar-refractivity contribution is -0.137. The second-order valence-corrected chi connectivity index (χ2v) is 6.29. The van der Waals surface area contributed by atoms with Gasteiger partial charge in [-0.15, -0.1) is 0 Å². The molecule has 1 aromatic carbocycles. The van der Waals surface area contributed by atoms with Crippen LogP contribution >= 0.6 is 0 Å². The molecular weight excluding hydrogens is 326 g/mol. The molecule has 25 heavy (non-hydrogen) atoms. The lowest BCUT2D eigenvalue weighted by Crippen LogP contribution is -2.42. The highest BCUT2D eigenvalue weighted by Gasteiger charge is 2.35. The quantitative estimate of drug-likeness (QED) is 0.814. The molecule has 1 unspecified atom stereocenters. The summed E-state index contributed by atoms with van der Waals surface area (Å²) in [5, 5.41) is 2.43. The van der Waals surface area contributed by atoms with E-state index in [4.69, 9.17) is 9.47 Å². The summed E-state index contributed by atoms with van der Waals surface area (Å²) in [6, 6.07) is 5.13. The Labute approximate surface area is 144 Å². The van der Waals surface area contributed by atoms with Crippen LogP contribution in [0.3, 0.4) is 0 Å². The summed E-state index contributed by atoms with van der Waals surface area (Å²) in [4.78, 5) is 38.7. The third-order valence-corrected chi connectivity index (χ3v) is 4.75. The Kier molecular flexibility index (Phi) is 3.95. The SMILES string of the molecule is O=C1CNC(=O)N1CC(=O)N1CCCC1c1ccc2c(c1)OCCO2.